The van der Waals surface area contributed by atoms with Crippen molar-refractivity contribution in [3.63, 3.8) is 0 Å². The summed E-state index contributed by atoms with van der Waals surface area (Å²) >= 11 is 1.58. The molecule has 1 N–H and O–H groups in total. The van der Waals surface area contributed by atoms with E-state index in [-0.39, 0.29) is 11.8 Å². The summed E-state index contributed by atoms with van der Waals surface area (Å²) in [6, 6.07) is 7.53. The zero-order valence-corrected chi connectivity index (χ0v) is 17.4. The SMILES string of the molecule is CCN(CC)C(=O)c1c(NC(=O)c2cccc(C)c2)sc2c1CC[C@H](C)C2. The zero-order valence-electron chi connectivity index (χ0n) is 16.6. The lowest BCUT2D eigenvalue weighted by Gasteiger charge is -2.22. The van der Waals surface area contributed by atoms with Crippen LogP contribution in [-0.4, -0.2) is 29.8 Å². The van der Waals surface area contributed by atoms with E-state index in [4.69, 9.17) is 0 Å². The fourth-order valence-corrected chi connectivity index (χ4v) is 5.09. The number of carbonyl (C=O) groups excluding carboxylic acids is 2. The monoisotopic (exact) mass is 384 g/mol. The van der Waals surface area contributed by atoms with Crippen molar-refractivity contribution in [3.05, 3.63) is 51.4 Å². The number of benzene rings is 1. The number of thiophene rings is 1. The average Bonchev–Trinajstić information content (AvgIpc) is 2.99. The Bertz CT molecular complexity index is 852. The second-order valence-corrected chi connectivity index (χ2v) is 8.46. The number of hydrogen-bond acceptors (Lipinski definition) is 3. The van der Waals surface area contributed by atoms with Gasteiger partial charge in [0.2, 0.25) is 0 Å². The maximum Gasteiger partial charge on any atom is 0.257 e. The molecule has 144 valence electrons. The summed E-state index contributed by atoms with van der Waals surface area (Å²) in [6.07, 6.45) is 2.99. The lowest BCUT2D eigenvalue weighted by Crippen LogP contribution is -2.32. The summed E-state index contributed by atoms with van der Waals surface area (Å²) < 4.78 is 0. The standard InChI is InChI=1S/C22H28N2O2S/c1-5-24(6-2)22(26)19-17-11-10-15(4)13-18(17)27-21(19)23-20(25)16-9-7-8-14(3)12-16/h7-9,12,15H,5-6,10-11,13H2,1-4H3,(H,23,25)/t15-/m0/s1. The molecular formula is C22H28N2O2S. The lowest BCUT2D eigenvalue weighted by atomic mass is 9.88. The number of hydrogen-bond donors (Lipinski definition) is 1. The van der Waals surface area contributed by atoms with Crippen LogP contribution in [0.3, 0.4) is 0 Å². The summed E-state index contributed by atoms with van der Waals surface area (Å²) in [7, 11) is 0. The maximum atomic E-state index is 13.2. The van der Waals surface area contributed by atoms with E-state index in [9.17, 15) is 9.59 Å². The predicted molar refractivity (Wildman–Crippen MR) is 112 cm³/mol. The van der Waals surface area contributed by atoms with Gasteiger partial charge in [-0.25, -0.2) is 0 Å². The van der Waals surface area contributed by atoms with Crippen LogP contribution in [0.1, 0.15) is 63.9 Å². The number of amides is 2. The Balaban J connectivity index is 1.98. The first-order valence-corrected chi connectivity index (χ1v) is 10.6. The van der Waals surface area contributed by atoms with Gasteiger partial charge in [0.25, 0.3) is 11.8 Å². The summed E-state index contributed by atoms with van der Waals surface area (Å²) in [5.74, 6) is 0.499. The van der Waals surface area contributed by atoms with Crippen molar-refractivity contribution >= 4 is 28.2 Å². The van der Waals surface area contributed by atoms with Crippen molar-refractivity contribution in [2.45, 2.75) is 47.0 Å². The van der Waals surface area contributed by atoms with Gasteiger partial charge in [-0.3, -0.25) is 9.59 Å². The van der Waals surface area contributed by atoms with Gasteiger partial charge in [-0.2, -0.15) is 0 Å². The minimum absolute atomic E-state index is 0.0339. The van der Waals surface area contributed by atoms with E-state index < -0.39 is 0 Å². The van der Waals surface area contributed by atoms with Gasteiger partial charge in [0.15, 0.2) is 0 Å². The number of fused-ring (bicyclic) bond motifs is 1. The summed E-state index contributed by atoms with van der Waals surface area (Å²) in [4.78, 5) is 29.1. The molecule has 0 fully saturated rings. The molecule has 1 atom stereocenters. The van der Waals surface area contributed by atoms with E-state index >= 15 is 0 Å². The number of rotatable bonds is 5. The molecule has 0 unspecified atom stereocenters. The van der Waals surface area contributed by atoms with Gasteiger partial charge in [0.05, 0.1) is 5.56 Å². The van der Waals surface area contributed by atoms with Crippen LogP contribution < -0.4 is 5.32 Å². The molecule has 4 nitrogen and oxygen atoms in total. The van der Waals surface area contributed by atoms with Gasteiger partial charge in [-0.1, -0.05) is 24.6 Å². The number of nitrogens with zero attached hydrogens (tertiary/aromatic N) is 1. The molecule has 27 heavy (non-hydrogen) atoms. The fourth-order valence-electron chi connectivity index (χ4n) is 3.70. The number of carbonyl (C=O) groups is 2. The first kappa shape index (κ1) is 19.6. The highest BCUT2D eigenvalue weighted by Gasteiger charge is 2.30. The smallest absolute Gasteiger partial charge is 0.257 e. The van der Waals surface area contributed by atoms with Gasteiger partial charge in [0, 0.05) is 23.5 Å². The summed E-state index contributed by atoms with van der Waals surface area (Å²) in [5.41, 5.74) is 3.53. The van der Waals surface area contributed by atoms with Gasteiger partial charge in [-0.05, 0) is 63.6 Å². The van der Waals surface area contributed by atoms with E-state index in [1.807, 2.05) is 49.9 Å². The van der Waals surface area contributed by atoms with Crippen LogP contribution in [0.5, 0.6) is 0 Å². The summed E-state index contributed by atoms with van der Waals surface area (Å²) in [5, 5.41) is 3.75. The molecule has 1 aromatic carbocycles. The van der Waals surface area contributed by atoms with Crippen LogP contribution in [0.15, 0.2) is 24.3 Å². The van der Waals surface area contributed by atoms with Crippen LogP contribution in [0.25, 0.3) is 0 Å². The largest absolute Gasteiger partial charge is 0.339 e. The fraction of sp³-hybridized carbons (Fsp3) is 0.455. The Morgan fingerprint density at radius 2 is 2.00 bits per heavy atom. The van der Waals surface area contributed by atoms with Gasteiger partial charge in [0.1, 0.15) is 5.00 Å². The average molecular weight is 385 g/mol. The van der Waals surface area contributed by atoms with Crippen molar-refractivity contribution in [1.29, 1.82) is 0 Å². The van der Waals surface area contributed by atoms with Crippen LogP contribution >= 0.6 is 11.3 Å². The molecule has 1 aliphatic rings. The number of anilines is 1. The van der Waals surface area contributed by atoms with Crippen LogP contribution in [0.4, 0.5) is 5.00 Å². The highest BCUT2D eigenvalue weighted by molar-refractivity contribution is 7.17. The Morgan fingerprint density at radius 3 is 2.67 bits per heavy atom. The Kier molecular flexibility index (Phi) is 6.00. The molecule has 1 aromatic heterocycles. The van der Waals surface area contributed by atoms with E-state index in [1.165, 1.54) is 4.88 Å². The molecular weight excluding hydrogens is 356 g/mol. The summed E-state index contributed by atoms with van der Waals surface area (Å²) in [6.45, 7) is 9.54. The van der Waals surface area contributed by atoms with Crippen molar-refractivity contribution < 1.29 is 9.59 Å². The van der Waals surface area contributed by atoms with Crippen molar-refractivity contribution in [3.8, 4) is 0 Å². The van der Waals surface area contributed by atoms with Gasteiger partial charge < -0.3 is 10.2 Å². The molecule has 0 bridgehead atoms. The first-order chi connectivity index (χ1) is 12.9. The second-order valence-electron chi connectivity index (χ2n) is 7.36. The highest BCUT2D eigenvalue weighted by atomic mass is 32.1. The molecule has 0 saturated heterocycles. The van der Waals surface area contributed by atoms with Crippen molar-refractivity contribution in [2.75, 3.05) is 18.4 Å². The van der Waals surface area contributed by atoms with E-state index in [1.54, 1.807) is 11.3 Å². The van der Waals surface area contributed by atoms with E-state index in [0.717, 1.165) is 30.4 Å². The third kappa shape index (κ3) is 4.08. The molecule has 0 saturated carbocycles. The molecule has 2 amide bonds. The Labute approximate surface area is 165 Å². The Hall–Kier alpha value is -2.14. The number of aryl methyl sites for hydroxylation is 1. The third-order valence-corrected chi connectivity index (χ3v) is 6.45. The lowest BCUT2D eigenvalue weighted by molar-refractivity contribution is 0.0773. The van der Waals surface area contributed by atoms with E-state index in [2.05, 4.69) is 12.2 Å². The van der Waals surface area contributed by atoms with Gasteiger partial charge >= 0.3 is 0 Å². The molecule has 3 rings (SSSR count). The minimum Gasteiger partial charge on any atom is -0.339 e. The van der Waals surface area contributed by atoms with Crippen LogP contribution in [0.2, 0.25) is 0 Å². The molecule has 0 aliphatic heterocycles. The maximum absolute atomic E-state index is 13.2. The molecule has 1 heterocycles. The quantitative estimate of drug-likeness (QED) is 0.796. The predicted octanol–water partition coefficient (Wildman–Crippen LogP) is 4.92. The van der Waals surface area contributed by atoms with Crippen molar-refractivity contribution in [2.24, 2.45) is 5.92 Å². The Morgan fingerprint density at radius 1 is 1.26 bits per heavy atom. The molecule has 0 radical (unpaired) electrons. The van der Waals surface area contributed by atoms with Gasteiger partial charge in [-0.15, -0.1) is 11.3 Å². The molecule has 0 spiro atoms. The molecule has 5 heteroatoms. The van der Waals surface area contributed by atoms with Crippen LogP contribution in [-0.2, 0) is 12.8 Å². The van der Waals surface area contributed by atoms with Crippen LogP contribution in [0, 0.1) is 12.8 Å². The van der Waals surface area contributed by atoms with E-state index in [0.29, 0.717) is 35.1 Å². The first-order valence-electron chi connectivity index (χ1n) is 9.76. The second kappa shape index (κ2) is 8.26. The third-order valence-electron chi connectivity index (χ3n) is 5.28. The topological polar surface area (TPSA) is 49.4 Å². The zero-order chi connectivity index (χ0) is 19.6. The minimum atomic E-state index is -0.154. The normalized spacial score (nSPS) is 15.9. The molecule has 1 aliphatic carbocycles. The van der Waals surface area contributed by atoms with Crippen molar-refractivity contribution in [1.82, 2.24) is 4.90 Å². The highest BCUT2D eigenvalue weighted by Crippen LogP contribution is 2.40. The molecule has 2 aromatic rings. The number of nitrogens with one attached hydrogen (secondary N) is 1.